The minimum atomic E-state index is -0.0727. The average molecular weight is 620 g/mol. The van der Waals surface area contributed by atoms with Gasteiger partial charge >= 0.3 is 0 Å². The Morgan fingerprint density at radius 3 is 2.36 bits per heavy atom. The van der Waals surface area contributed by atoms with Crippen molar-refractivity contribution in [2.45, 2.75) is 111 Å². The van der Waals surface area contributed by atoms with Crippen LogP contribution in [0.5, 0.6) is 0 Å². The van der Waals surface area contributed by atoms with Gasteiger partial charge in [-0.15, -0.1) is 24.2 Å². The first kappa shape index (κ1) is 39.1. The molecule has 1 aliphatic heterocycles. The SMILES string of the molecule is C#C.C=CN(c1cc(C#CC(C)(C)C)sc1C=O)C(C)CCCc1cc(CN2CCCC2)ccn1.CC1CCCCC1.CO. The number of aliphatic hydroxyl groups excluding tert-OH is 1. The quantitative estimate of drug-likeness (QED) is 0.213. The fraction of sp³-hybridized carbons (Fsp3) is 0.579. The summed E-state index contributed by atoms with van der Waals surface area (Å²) in [7, 11) is 1.00. The van der Waals surface area contributed by atoms with Crippen molar-refractivity contribution < 1.29 is 9.90 Å². The molecule has 2 aliphatic rings. The van der Waals surface area contributed by atoms with Gasteiger partial charge < -0.3 is 10.0 Å². The molecule has 2 aromatic rings. The van der Waals surface area contributed by atoms with Crippen LogP contribution in [0.4, 0.5) is 5.69 Å². The van der Waals surface area contributed by atoms with Gasteiger partial charge in [-0.1, -0.05) is 57.4 Å². The Morgan fingerprint density at radius 1 is 1.16 bits per heavy atom. The summed E-state index contributed by atoms with van der Waals surface area (Å²) in [6, 6.07) is 6.65. The number of terminal acetylenes is 1. The lowest BCUT2D eigenvalue weighted by atomic mass is 9.91. The first-order chi connectivity index (χ1) is 21.2. The van der Waals surface area contributed by atoms with Crippen LogP contribution in [-0.4, -0.2) is 47.5 Å². The molecule has 242 valence electrons. The molecule has 2 fully saturated rings. The summed E-state index contributed by atoms with van der Waals surface area (Å²) in [5.74, 6) is 7.52. The molecule has 0 spiro atoms. The van der Waals surface area contributed by atoms with Crippen LogP contribution in [-0.2, 0) is 13.0 Å². The molecule has 0 radical (unpaired) electrons. The van der Waals surface area contributed by atoms with E-state index in [-0.39, 0.29) is 11.5 Å². The van der Waals surface area contributed by atoms with E-state index in [9.17, 15) is 4.79 Å². The van der Waals surface area contributed by atoms with E-state index in [1.807, 2.05) is 18.5 Å². The number of hydrogen-bond acceptors (Lipinski definition) is 6. The fourth-order valence-corrected chi connectivity index (χ4v) is 6.32. The number of carbonyl (C=O) groups excluding carboxylic acids is 1. The molecule has 44 heavy (non-hydrogen) atoms. The maximum absolute atomic E-state index is 11.7. The van der Waals surface area contributed by atoms with Crippen molar-refractivity contribution in [3.63, 3.8) is 0 Å². The van der Waals surface area contributed by atoms with Gasteiger partial charge in [0, 0.05) is 37.0 Å². The predicted molar refractivity (Wildman–Crippen MR) is 190 cm³/mol. The summed E-state index contributed by atoms with van der Waals surface area (Å²) in [6.45, 7) is 18.3. The highest BCUT2D eigenvalue weighted by Crippen LogP contribution is 2.31. The molecule has 1 N–H and O–H groups in total. The normalized spacial score (nSPS) is 15.5. The monoisotopic (exact) mass is 619 g/mol. The number of aryl methyl sites for hydroxylation is 1. The van der Waals surface area contributed by atoms with Crippen molar-refractivity contribution in [2.75, 3.05) is 25.1 Å². The number of thiophene rings is 1. The summed E-state index contributed by atoms with van der Waals surface area (Å²) >= 11 is 1.45. The van der Waals surface area contributed by atoms with Gasteiger partial charge in [-0.05, 0) is 109 Å². The Kier molecular flexibility index (Phi) is 19.3. The third-order valence-electron chi connectivity index (χ3n) is 7.79. The van der Waals surface area contributed by atoms with Gasteiger partial charge in [-0.2, -0.15) is 0 Å². The van der Waals surface area contributed by atoms with Crippen LogP contribution in [0.25, 0.3) is 0 Å². The van der Waals surface area contributed by atoms with Crippen LogP contribution in [0, 0.1) is 36.0 Å². The van der Waals surface area contributed by atoms with Crippen molar-refractivity contribution in [2.24, 2.45) is 11.3 Å². The molecule has 0 bridgehead atoms. The van der Waals surface area contributed by atoms with E-state index in [1.54, 1.807) is 0 Å². The van der Waals surface area contributed by atoms with Crippen molar-refractivity contribution in [1.82, 2.24) is 9.88 Å². The lowest BCUT2D eigenvalue weighted by molar-refractivity contribution is 0.112. The van der Waals surface area contributed by atoms with Crippen LogP contribution in [0.15, 0.2) is 37.2 Å². The van der Waals surface area contributed by atoms with Crippen molar-refractivity contribution in [3.8, 4) is 24.7 Å². The van der Waals surface area contributed by atoms with Crippen LogP contribution in [0.2, 0.25) is 0 Å². The molecule has 6 heteroatoms. The summed E-state index contributed by atoms with van der Waals surface area (Å²) in [6.07, 6.45) is 25.7. The summed E-state index contributed by atoms with van der Waals surface area (Å²) < 4.78 is 0. The molecule has 3 heterocycles. The van der Waals surface area contributed by atoms with Gasteiger partial charge in [-0.25, -0.2) is 0 Å². The van der Waals surface area contributed by atoms with Crippen LogP contribution >= 0.6 is 11.3 Å². The first-order valence-electron chi connectivity index (χ1n) is 16.2. The highest BCUT2D eigenvalue weighted by Gasteiger charge is 2.19. The summed E-state index contributed by atoms with van der Waals surface area (Å²) in [4.78, 5) is 22.6. The number of aliphatic hydroxyl groups is 1. The van der Waals surface area contributed by atoms with E-state index >= 15 is 0 Å². The maximum atomic E-state index is 11.7. The predicted octanol–water partition coefficient (Wildman–Crippen LogP) is 8.75. The van der Waals surface area contributed by atoms with Gasteiger partial charge in [-0.3, -0.25) is 14.7 Å². The zero-order valence-electron chi connectivity index (χ0n) is 28.3. The molecule has 1 saturated carbocycles. The van der Waals surface area contributed by atoms with E-state index in [1.165, 1.54) is 74.9 Å². The van der Waals surface area contributed by atoms with E-state index in [4.69, 9.17) is 5.11 Å². The molecule has 2 aromatic heterocycles. The molecule has 1 atom stereocenters. The molecule has 5 nitrogen and oxygen atoms in total. The largest absolute Gasteiger partial charge is 0.400 e. The Morgan fingerprint density at radius 2 is 1.82 bits per heavy atom. The zero-order valence-corrected chi connectivity index (χ0v) is 29.1. The first-order valence-corrected chi connectivity index (χ1v) is 17.0. The second-order valence-electron chi connectivity index (χ2n) is 12.7. The van der Waals surface area contributed by atoms with Gasteiger partial charge in [0.15, 0.2) is 6.29 Å². The molecule has 1 unspecified atom stereocenters. The lowest BCUT2D eigenvalue weighted by Crippen LogP contribution is -2.28. The topological polar surface area (TPSA) is 56.7 Å². The molecule has 1 saturated heterocycles. The number of aldehydes is 1. The fourth-order valence-electron chi connectivity index (χ4n) is 5.49. The van der Waals surface area contributed by atoms with Crippen LogP contribution in [0.1, 0.15) is 118 Å². The number of hydrogen-bond donors (Lipinski definition) is 1. The standard InChI is InChI=1S/C28H37N3OS.C7H14.C2H2.CH4O/c1-6-31(26-19-25(33-27(26)21-32)12-14-28(3,4)5)22(2)10-9-11-24-18-23(13-15-29-24)20-30-16-7-8-17-30;1-7-5-3-2-4-6-7;2*1-2/h6,13,15,18-19,21-22H,1,7-11,16-17,20H2,2-5H3;7H,2-6H2,1H3;1-2H;2H,1H3. The zero-order chi connectivity index (χ0) is 33.0. The molecular formula is C38H57N3O2S. The minimum absolute atomic E-state index is 0.0727. The van der Waals surface area contributed by atoms with Gasteiger partial charge in [0.05, 0.1) is 15.4 Å². The van der Waals surface area contributed by atoms with Crippen LogP contribution < -0.4 is 4.90 Å². The smallest absolute Gasteiger partial charge is 0.162 e. The van der Waals surface area contributed by atoms with E-state index in [2.05, 4.69) is 92.8 Å². The molecule has 0 amide bonds. The highest BCUT2D eigenvalue weighted by atomic mass is 32.1. The Labute approximate surface area is 273 Å². The Hall–Kier alpha value is -2.90. The number of likely N-dealkylation sites (tertiary alicyclic amines) is 1. The minimum Gasteiger partial charge on any atom is -0.400 e. The maximum Gasteiger partial charge on any atom is 0.162 e. The van der Waals surface area contributed by atoms with Gasteiger partial charge in [0.25, 0.3) is 0 Å². The average Bonchev–Trinajstić information content (AvgIpc) is 3.69. The number of carbonyl (C=O) groups is 1. The van der Waals surface area contributed by atoms with Crippen molar-refractivity contribution >= 4 is 23.3 Å². The number of rotatable bonds is 10. The Balaban J connectivity index is 0.000000752. The van der Waals surface area contributed by atoms with Crippen molar-refractivity contribution in [1.29, 1.82) is 0 Å². The van der Waals surface area contributed by atoms with E-state index < -0.39 is 0 Å². The third-order valence-corrected chi connectivity index (χ3v) is 8.76. The number of pyridine rings is 1. The third kappa shape index (κ3) is 14.7. The van der Waals surface area contributed by atoms with Crippen molar-refractivity contribution in [3.05, 3.63) is 58.2 Å². The van der Waals surface area contributed by atoms with Gasteiger partial charge in [0.2, 0.25) is 0 Å². The number of anilines is 1. The van der Waals surface area contributed by atoms with Gasteiger partial charge in [0.1, 0.15) is 0 Å². The van der Waals surface area contributed by atoms with Crippen LogP contribution in [0.3, 0.4) is 0 Å². The number of nitrogens with zero attached hydrogens (tertiary/aromatic N) is 3. The second-order valence-corrected chi connectivity index (χ2v) is 13.8. The Bertz CT molecular complexity index is 1170. The molecular weight excluding hydrogens is 563 g/mol. The highest BCUT2D eigenvalue weighted by molar-refractivity contribution is 7.14. The molecule has 4 rings (SSSR count). The molecule has 0 aromatic carbocycles. The second kappa shape index (κ2) is 21.7. The molecule has 1 aliphatic carbocycles. The summed E-state index contributed by atoms with van der Waals surface area (Å²) in [5.41, 5.74) is 3.35. The van der Waals surface area contributed by atoms with E-state index in [0.29, 0.717) is 4.88 Å². The summed E-state index contributed by atoms with van der Waals surface area (Å²) in [5, 5.41) is 7.00. The number of aromatic nitrogens is 1. The lowest BCUT2D eigenvalue weighted by Gasteiger charge is -2.27. The van der Waals surface area contributed by atoms with E-state index in [0.717, 1.165) is 61.4 Å².